The Bertz CT molecular complexity index is 446. The van der Waals surface area contributed by atoms with Gasteiger partial charge < -0.3 is 9.84 Å². The van der Waals surface area contributed by atoms with Gasteiger partial charge in [0.15, 0.2) is 0 Å². The third kappa shape index (κ3) is 3.16. The Morgan fingerprint density at radius 3 is 2.90 bits per heavy atom. The molecule has 0 aromatic heterocycles. The summed E-state index contributed by atoms with van der Waals surface area (Å²) < 4.78 is 19.5. The molecular formula is C16H22ClFO2. The molecule has 4 heteroatoms. The molecule has 1 aromatic rings. The van der Waals surface area contributed by atoms with Crippen LogP contribution in [0, 0.1) is 11.7 Å². The molecule has 112 valence electrons. The van der Waals surface area contributed by atoms with Gasteiger partial charge in [0.2, 0.25) is 0 Å². The highest BCUT2D eigenvalue weighted by atomic mass is 35.5. The standard InChI is InChI=1S/C16H22ClFO2/c1-11-5-4-8-16(10-11,20-2)15(19)9-12-13(17)6-3-7-14(12)18/h3,6-7,11,15,19H,4-5,8-10H2,1-2H3. The van der Waals surface area contributed by atoms with Crippen molar-refractivity contribution in [3.8, 4) is 0 Å². The summed E-state index contributed by atoms with van der Waals surface area (Å²) in [5, 5.41) is 11.0. The van der Waals surface area contributed by atoms with Crippen molar-refractivity contribution in [1.82, 2.24) is 0 Å². The molecule has 1 aromatic carbocycles. The number of hydrogen-bond donors (Lipinski definition) is 1. The molecule has 1 aliphatic carbocycles. The number of rotatable bonds is 4. The van der Waals surface area contributed by atoms with Gasteiger partial charge in [-0.2, -0.15) is 0 Å². The summed E-state index contributed by atoms with van der Waals surface area (Å²) in [6.07, 6.45) is 3.23. The Balaban J connectivity index is 2.19. The molecule has 0 aliphatic heterocycles. The number of benzene rings is 1. The van der Waals surface area contributed by atoms with Crippen LogP contribution < -0.4 is 0 Å². The van der Waals surface area contributed by atoms with Crippen LogP contribution in [0.3, 0.4) is 0 Å². The van der Waals surface area contributed by atoms with Crippen molar-refractivity contribution in [2.75, 3.05) is 7.11 Å². The van der Waals surface area contributed by atoms with Gasteiger partial charge in [-0.25, -0.2) is 4.39 Å². The summed E-state index contributed by atoms with van der Waals surface area (Å²) in [5.74, 6) is 0.140. The third-order valence-electron chi connectivity index (χ3n) is 4.46. The fourth-order valence-electron chi connectivity index (χ4n) is 3.27. The van der Waals surface area contributed by atoms with Crippen molar-refractivity contribution >= 4 is 11.6 Å². The first-order valence-electron chi connectivity index (χ1n) is 7.14. The number of hydrogen-bond acceptors (Lipinski definition) is 2. The predicted octanol–water partition coefficient (Wildman–Crippen LogP) is 3.98. The lowest BCUT2D eigenvalue weighted by Gasteiger charge is -2.42. The molecule has 0 spiro atoms. The maximum absolute atomic E-state index is 13.8. The van der Waals surface area contributed by atoms with E-state index in [2.05, 4.69) is 6.92 Å². The molecule has 2 rings (SSSR count). The van der Waals surface area contributed by atoms with Crippen molar-refractivity contribution in [2.45, 2.75) is 50.7 Å². The van der Waals surface area contributed by atoms with Crippen molar-refractivity contribution in [3.05, 3.63) is 34.6 Å². The molecule has 3 atom stereocenters. The van der Waals surface area contributed by atoms with Crippen molar-refractivity contribution in [3.63, 3.8) is 0 Å². The Labute approximate surface area is 124 Å². The molecule has 2 nitrogen and oxygen atoms in total. The highest BCUT2D eigenvalue weighted by Gasteiger charge is 2.41. The Kier molecular flexibility index (Phi) is 5.05. The number of ether oxygens (including phenoxy) is 1. The van der Waals surface area contributed by atoms with Gasteiger partial charge in [-0.1, -0.05) is 37.4 Å². The first-order chi connectivity index (χ1) is 9.48. The average Bonchev–Trinajstić information content (AvgIpc) is 2.42. The number of aliphatic hydroxyl groups is 1. The van der Waals surface area contributed by atoms with Crippen LogP contribution in [-0.2, 0) is 11.2 Å². The van der Waals surface area contributed by atoms with Gasteiger partial charge in [0.05, 0.1) is 11.7 Å². The van der Waals surface area contributed by atoms with Gasteiger partial charge in [-0.05, 0) is 30.9 Å². The normalized spacial score (nSPS) is 28.4. The minimum absolute atomic E-state index is 0.187. The lowest BCUT2D eigenvalue weighted by Crippen LogP contribution is -2.48. The molecule has 0 amide bonds. The van der Waals surface area contributed by atoms with Crippen LogP contribution in [0.5, 0.6) is 0 Å². The van der Waals surface area contributed by atoms with E-state index < -0.39 is 11.7 Å². The molecule has 1 fully saturated rings. The maximum atomic E-state index is 13.8. The van der Waals surface area contributed by atoms with Gasteiger partial charge in [-0.15, -0.1) is 0 Å². The van der Waals surface area contributed by atoms with Crippen LogP contribution in [0.15, 0.2) is 18.2 Å². The maximum Gasteiger partial charge on any atom is 0.127 e. The summed E-state index contributed by atoms with van der Waals surface area (Å²) in [7, 11) is 1.63. The van der Waals surface area contributed by atoms with E-state index in [0.29, 0.717) is 16.5 Å². The van der Waals surface area contributed by atoms with Crippen molar-refractivity contribution in [2.24, 2.45) is 5.92 Å². The summed E-state index contributed by atoms with van der Waals surface area (Å²) in [4.78, 5) is 0. The Hall–Kier alpha value is -0.640. The van der Waals surface area contributed by atoms with Crippen LogP contribution in [0.4, 0.5) is 4.39 Å². The predicted molar refractivity (Wildman–Crippen MR) is 78.5 cm³/mol. The first-order valence-corrected chi connectivity index (χ1v) is 7.52. The zero-order valence-corrected chi connectivity index (χ0v) is 12.8. The topological polar surface area (TPSA) is 29.5 Å². The first kappa shape index (κ1) is 15.7. The van der Waals surface area contributed by atoms with E-state index in [1.807, 2.05) is 0 Å². The van der Waals surface area contributed by atoms with E-state index in [1.165, 1.54) is 6.07 Å². The highest BCUT2D eigenvalue weighted by Crippen LogP contribution is 2.38. The monoisotopic (exact) mass is 300 g/mol. The quantitative estimate of drug-likeness (QED) is 0.911. The molecule has 1 saturated carbocycles. The van der Waals surface area contributed by atoms with E-state index in [0.717, 1.165) is 25.7 Å². The van der Waals surface area contributed by atoms with E-state index >= 15 is 0 Å². The molecule has 0 heterocycles. The average molecular weight is 301 g/mol. The Morgan fingerprint density at radius 1 is 1.55 bits per heavy atom. The van der Waals surface area contributed by atoms with Crippen LogP contribution in [-0.4, -0.2) is 23.9 Å². The summed E-state index contributed by atoms with van der Waals surface area (Å²) in [6, 6.07) is 4.59. The molecule has 0 radical (unpaired) electrons. The molecule has 1 aliphatic rings. The minimum atomic E-state index is -0.746. The number of halogens is 2. The minimum Gasteiger partial charge on any atom is -0.390 e. The van der Waals surface area contributed by atoms with E-state index in [-0.39, 0.29) is 12.2 Å². The zero-order valence-electron chi connectivity index (χ0n) is 12.0. The largest absolute Gasteiger partial charge is 0.390 e. The zero-order chi connectivity index (χ0) is 14.8. The fraction of sp³-hybridized carbons (Fsp3) is 0.625. The number of aliphatic hydroxyl groups excluding tert-OH is 1. The van der Waals surface area contributed by atoms with Crippen LogP contribution in [0.1, 0.15) is 38.2 Å². The number of methoxy groups -OCH3 is 1. The van der Waals surface area contributed by atoms with Crippen LogP contribution >= 0.6 is 11.6 Å². The second-order valence-electron chi connectivity index (χ2n) is 5.89. The van der Waals surface area contributed by atoms with E-state index in [9.17, 15) is 9.50 Å². The van der Waals surface area contributed by atoms with Gasteiger partial charge in [0.25, 0.3) is 0 Å². The second-order valence-corrected chi connectivity index (χ2v) is 6.30. The fourth-order valence-corrected chi connectivity index (χ4v) is 3.51. The molecule has 0 bridgehead atoms. The third-order valence-corrected chi connectivity index (χ3v) is 4.82. The van der Waals surface area contributed by atoms with Gasteiger partial charge in [0.1, 0.15) is 5.82 Å². The molecule has 3 unspecified atom stereocenters. The van der Waals surface area contributed by atoms with Gasteiger partial charge in [-0.3, -0.25) is 0 Å². The SMILES string of the molecule is COC1(C(O)Cc2c(F)cccc2Cl)CCCC(C)C1. The van der Waals surface area contributed by atoms with Gasteiger partial charge in [0, 0.05) is 24.1 Å². The van der Waals surface area contributed by atoms with E-state index in [4.69, 9.17) is 16.3 Å². The molecule has 0 saturated heterocycles. The summed E-state index contributed by atoms with van der Waals surface area (Å²) in [6.45, 7) is 2.16. The lowest BCUT2D eigenvalue weighted by molar-refractivity contribution is -0.131. The highest BCUT2D eigenvalue weighted by molar-refractivity contribution is 6.31. The molecule has 20 heavy (non-hydrogen) atoms. The van der Waals surface area contributed by atoms with E-state index in [1.54, 1.807) is 19.2 Å². The lowest BCUT2D eigenvalue weighted by atomic mass is 9.74. The summed E-state index contributed by atoms with van der Waals surface area (Å²) in [5.41, 5.74) is -0.208. The van der Waals surface area contributed by atoms with Crippen LogP contribution in [0.25, 0.3) is 0 Å². The molecule has 1 N–H and O–H groups in total. The molecular weight excluding hydrogens is 279 g/mol. The van der Waals surface area contributed by atoms with Gasteiger partial charge >= 0.3 is 0 Å². The smallest absolute Gasteiger partial charge is 0.127 e. The van der Waals surface area contributed by atoms with Crippen molar-refractivity contribution < 1.29 is 14.2 Å². The van der Waals surface area contributed by atoms with Crippen LogP contribution in [0.2, 0.25) is 5.02 Å². The summed E-state index contributed by atoms with van der Waals surface area (Å²) >= 11 is 6.04. The van der Waals surface area contributed by atoms with Crippen molar-refractivity contribution in [1.29, 1.82) is 0 Å². The Morgan fingerprint density at radius 2 is 2.30 bits per heavy atom. The second kappa shape index (κ2) is 6.42.